The van der Waals surface area contributed by atoms with Gasteiger partial charge in [-0.05, 0) is 42.3 Å². The lowest BCUT2D eigenvalue weighted by molar-refractivity contribution is 0.310. The predicted octanol–water partition coefficient (Wildman–Crippen LogP) is 3.31. The van der Waals surface area contributed by atoms with Gasteiger partial charge in [-0.2, -0.15) is 0 Å². The van der Waals surface area contributed by atoms with E-state index in [1.807, 2.05) is 44.3 Å². The molecule has 0 fully saturated rings. The molecule has 27 heavy (non-hydrogen) atoms. The molecule has 2 rings (SSSR count). The lowest BCUT2D eigenvalue weighted by Gasteiger charge is -2.22. The van der Waals surface area contributed by atoms with Gasteiger partial charge in [-0.3, -0.25) is 4.99 Å². The van der Waals surface area contributed by atoms with Gasteiger partial charge in [-0.1, -0.05) is 18.2 Å². The van der Waals surface area contributed by atoms with Crippen LogP contribution < -0.4 is 19.5 Å². The standard InChI is InChI=1S/C21H29N3O3/c1-6-27-20-13-17(9-12-19(20)26-5)14-23-21(22-2)24(3)15-16-7-10-18(25-4)11-8-16/h7-13H,6,14-15H2,1-5H3,(H,22,23). The van der Waals surface area contributed by atoms with Crippen molar-refractivity contribution in [1.82, 2.24) is 10.2 Å². The molecular weight excluding hydrogens is 342 g/mol. The number of hydrogen-bond donors (Lipinski definition) is 1. The molecule has 0 bridgehead atoms. The summed E-state index contributed by atoms with van der Waals surface area (Å²) in [7, 11) is 7.11. The Morgan fingerprint density at radius 2 is 1.70 bits per heavy atom. The summed E-state index contributed by atoms with van der Waals surface area (Å²) in [6.07, 6.45) is 0. The molecule has 0 aliphatic rings. The first-order valence-electron chi connectivity index (χ1n) is 8.95. The van der Waals surface area contributed by atoms with Crippen molar-refractivity contribution in [2.45, 2.75) is 20.0 Å². The highest BCUT2D eigenvalue weighted by molar-refractivity contribution is 5.79. The first-order valence-corrected chi connectivity index (χ1v) is 8.95. The average molecular weight is 371 g/mol. The van der Waals surface area contributed by atoms with Gasteiger partial charge in [-0.15, -0.1) is 0 Å². The highest BCUT2D eigenvalue weighted by Crippen LogP contribution is 2.28. The number of aliphatic imine (C=N–C) groups is 1. The summed E-state index contributed by atoms with van der Waals surface area (Å²) in [5.41, 5.74) is 2.28. The third-order valence-corrected chi connectivity index (χ3v) is 4.13. The molecule has 0 aromatic heterocycles. The molecule has 0 heterocycles. The van der Waals surface area contributed by atoms with E-state index >= 15 is 0 Å². The zero-order valence-corrected chi connectivity index (χ0v) is 16.8. The monoisotopic (exact) mass is 371 g/mol. The van der Waals surface area contributed by atoms with Crippen LogP contribution in [0.1, 0.15) is 18.1 Å². The fraction of sp³-hybridized carbons (Fsp3) is 0.381. The zero-order chi connectivity index (χ0) is 19.6. The number of nitrogens with zero attached hydrogens (tertiary/aromatic N) is 2. The zero-order valence-electron chi connectivity index (χ0n) is 16.8. The van der Waals surface area contributed by atoms with Crippen molar-refractivity contribution in [3.8, 4) is 17.2 Å². The maximum atomic E-state index is 5.64. The Bertz CT molecular complexity index is 745. The van der Waals surface area contributed by atoms with Gasteiger partial charge in [0.2, 0.25) is 0 Å². The molecule has 0 saturated heterocycles. The number of methoxy groups -OCH3 is 2. The minimum atomic E-state index is 0.597. The molecule has 6 nitrogen and oxygen atoms in total. The summed E-state index contributed by atoms with van der Waals surface area (Å²) in [6.45, 7) is 3.94. The number of nitrogens with one attached hydrogen (secondary N) is 1. The maximum Gasteiger partial charge on any atom is 0.193 e. The molecular formula is C21H29N3O3. The van der Waals surface area contributed by atoms with Crippen molar-refractivity contribution in [3.05, 3.63) is 53.6 Å². The third-order valence-electron chi connectivity index (χ3n) is 4.13. The van der Waals surface area contributed by atoms with Crippen molar-refractivity contribution in [1.29, 1.82) is 0 Å². The maximum absolute atomic E-state index is 5.64. The van der Waals surface area contributed by atoms with Crippen LogP contribution in [0.2, 0.25) is 0 Å². The number of guanidine groups is 1. The van der Waals surface area contributed by atoms with E-state index in [-0.39, 0.29) is 0 Å². The first-order chi connectivity index (χ1) is 13.1. The van der Waals surface area contributed by atoms with Gasteiger partial charge in [0.25, 0.3) is 0 Å². The lowest BCUT2D eigenvalue weighted by atomic mass is 10.2. The molecule has 6 heteroatoms. The molecule has 0 saturated carbocycles. The summed E-state index contributed by atoms with van der Waals surface area (Å²) in [5, 5.41) is 3.39. The molecule has 0 aliphatic carbocycles. The second kappa shape index (κ2) is 10.3. The molecule has 0 amide bonds. The topological polar surface area (TPSA) is 55.3 Å². The van der Waals surface area contributed by atoms with Crippen LogP contribution in [0, 0.1) is 0 Å². The summed E-state index contributed by atoms with van der Waals surface area (Å²) in [5.74, 6) is 3.16. The van der Waals surface area contributed by atoms with Crippen molar-refractivity contribution in [3.63, 3.8) is 0 Å². The fourth-order valence-electron chi connectivity index (χ4n) is 2.74. The van der Waals surface area contributed by atoms with Crippen LogP contribution in [0.4, 0.5) is 0 Å². The second-order valence-corrected chi connectivity index (χ2v) is 6.02. The SMILES string of the molecule is CCOc1cc(CNC(=NC)N(C)Cc2ccc(OC)cc2)ccc1OC. The molecule has 0 radical (unpaired) electrons. The van der Waals surface area contributed by atoms with Crippen molar-refractivity contribution < 1.29 is 14.2 Å². The number of benzene rings is 2. The smallest absolute Gasteiger partial charge is 0.193 e. The molecule has 0 spiro atoms. The van der Waals surface area contributed by atoms with E-state index in [2.05, 4.69) is 27.3 Å². The Morgan fingerprint density at radius 3 is 2.30 bits per heavy atom. The van der Waals surface area contributed by atoms with Crippen molar-refractivity contribution in [2.24, 2.45) is 4.99 Å². The van der Waals surface area contributed by atoms with Gasteiger partial charge >= 0.3 is 0 Å². The Kier molecular flexibility index (Phi) is 7.79. The van der Waals surface area contributed by atoms with Gasteiger partial charge in [0, 0.05) is 27.2 Å². The molecule has 2 aromatic rings. The number of hydrogen-bond acceptors (Lipinski definition) is 4. The molecule has 2 aromatic carbocycles. The Hall–Kier alpha value is -2.89. The predicted molar refractivity (Wildman–Crippen MR) is 109 cm³/mol. The minimum Gasteiger partial charge on any atom is -0.497 e. The summed E-state index contributed by atoms with van der Waals surface area (Å²) in [4.78, 5) is 6.45. The van der Waals surface area contributed by atoms with Crippen molar-refractivity contribution >= 4 is 5.96 Å². The first kappa shape index (κ1) is 20.4. The van der Waals surface area contributed by atoms with E-state index in [0.29, 0.717) is 13.2 Å². The molecule has 1 N–H and O–H groups in total. The van der Waals surface area contributed by atoms with E-state index in [0.717, 1.165) is 35.3 Å². The third kappa shape index (κ3) is 5.81. The quantitative estimate of drug-likeness (QED) is 0.570. The fourth-order valence-corrected chi connectivity index (χ4v) is 2.74. The van der Waals surface area contributed by atoms with E-state index in [9.17, 15) is 0 Å². The molecule has 0 unspecified atom stereocenters. The Morgan fingerprint density at radius 1 is 1.00 bits per heavy atom. The lowest BCUT2D eigenvalue weighted by Crippen LogP contribution is -2.38. The largest absolute Gasteiger partial charge is 0.497 e. The van der Waals surface area contributed by atoms with E-state index < -0.39 is 0 Å². The van der Waals surface area contributed by atoms with Crippen LogP contribution in [0.5, 0.6) is 17.2 Å². The normalized spacial score (nSPS) is 11.1. The van der Waals surface area contributed by atoms with Crippen LogP contribution in [-0.4, -0.2) is 45.8 Å². The van der Waals surface area contributed by atoms with Gasteiger partial charge in [0.15, 0.2) is 17.5 Å². The minimum absolute atomic E-state index is 0.597. The van der Waals surface area contributed by atoms with Crippen LogP contribution in [-0.2, 0) is 13.1 Å². The van der Waals surface area contributed by atoms with Gasteiger partial charge in [-0.25, -0.2) is 0 Å². The summed E-state index contributed by atoms with van der Waals surface area (Å²) < 4.78 is 16.2. The van der Waals surface area contributed by atoms with E-state index in [1.54, 1.807) is 21.3 Å². The molecule has 146 valence electrons. The van der Waals surface area contributed by atoms with E-state index in [1.165, 1.54) is 5.56 Å². The summed E-state index contributed by atoms with van der Waals surface area (Å²) >= 11 is 0. The Labute approximate surface area is 161 Å². The van der Waals surface area contributed by atoms with Gasteiger partial charge in [0.05, 0.1) is 20.8 Å². The van der Waals surface area contributed by atoms with Gasteiger partial charge in [0.1, 0.15) is 5.75 Å². The molecule has 0 atom stereocenters. The van der Waals surface area contributed by atoms with Gasteiger partial charge < -0.3 is 24.4 Å². The second-order valence-electron chi connectivity index (χ2n) is 6.02. The summed E-state index contributed by atoms with van der Waals surface area (Å²) in [6, 6.07) is 14.0. The number of rotatable bonds is 8. The Balaban J connectivity index is 1.98. The number of ether oxygens (including phenoxy) is 3. The van der Waals surface area contributed by atoms with Crippen LogP contribution >= 0.6 is 0 Å². The highest BCUT2D eigenvalue weighted by atomic mass is 16.5. The van der Waals surface area contributed by atoms with Crippen molar-refractivity contribution in [2.75, 3.05) is 34.9 Å². The highest BCUT2D eigenvalue weighted by Gasteiger charge is 2.09. The van der Waals surface area contributed by atoms with Crippen LogP contribution in [0.25, 0.3) is 0 Å². The molecule has 0 aliphatic heterocycles. The van der Waals surface area contributed by atoms with Crippen LogP contribution in [0.3, 0.4) is 0 Å². The average Bonchev–Trinajstić information content (AvgIpc) is 2.69. The van der Waals surface area contributed by atoms with E-state index in [4.69, 9.17) is 14.2 Å². The van der Waals surface area contributed by atoms with Crippen LogP contribution in [0.15, 0.2) is 47.5 Å².